The van der Waals surface area contributed by atoms with Crippen molar-refractivity contribution in [3.8, 4) is 0 Å². The monoisotopic (exact) mass is 379 g/mol. The fourth-order valence-corrected chi connectivity index (χ4v) is 4.78. The first-order valence-corrected chi connectivity index (χ1v) is 10.8. The summed E-state index contributed by atoms with van der Waals surface area (Å²) in [6, 6.07) is 6.86. The molecule has 1 amide bonds. The molecule has 2 aliphatic heterocycles. The zero-order valence-electron chi connectivity index (χ0n) is 17.6. The van der Waals surface area contributed by atoms with E-state index in [0.29, 0.717) is 6.04 Å². The average Bonchev–Trinajstić information content (AvgIpc) is 3.01. The first-order chi connectivity index (χ1) is 13.5. The number of piperidine rings is 1. The summed E-state index contributed by atoms with van der Waals surface area (Å²) in [7, 11) is 0. The fourth-order valence-electron chi connectivity index (χ4n) is 4.78. The predicted molar refractivity (Wildman–Crippen MR) is 116 cm³/mol. The van der Waals surface area contributed by atoms with Gasteiger partial charge in [-0.05, 0) is 56.4 Å². The second-order valence-electron chi connectivity index (χ2n) is 8.85. The van der Waals surface area contributed by atoms with Gasteiger partial charge in [0.1, 0.15) is 0 Å². The van der Waals surface area contributed by atoms with Gasteiger partial charge in [0.15, 0.2) is 0 Å². The number of likely N-dealkylation sites (tertiary alicyclic amines) is 1. The molecule has 0 unspecified atom stereocenters. The van der Waals surface area contributed by atoms with E-state index in [1.54, 1.807) is 0 Å². The van der Waals surface area contributed by atoms with Crippen molar-refractivity contribution in [2.75, 3.05) is 19.6 Å². The third-order valence-electron chi connectivity index (χ3n) is 6.64. The highest BCUT2D eigenvalue weighted by Gasteiger charge is 2.27. The summed E-state index contributed by atoms with van der Waals surface area (Å²) in [5, 5.41) is 1.25. The highest BCUT2D eigenvalue weighted by molar-refractivity contribution is 5.99. The Morgan fingerprint density at radius 1 is 1.25 bits per heavy atom. The van der Waals surface area contributed by atoms with E-state index in [1.165, 1.54) is 22.2 Å². The summed E-state index contributed by atoms with van der Waals surface area (Å²) in [5.74, 6) is 0.920. The molecule has 4 rings (SSSR count). The fraction of sp³-hybridized carbons (Fsp3) is 0.542. The molecule has 0 saturated carbocycles. The highest BCUT2D eigenvalue weighted by Crippen LogP contribution is 2.33. The number of carbonyl (C=O) groups is 1. The van der Waals surface area contributed by atoms with Gasteiger partial charge < -0.3 is 9.47 Å². The summed E-state index contributed by atoms with van der Waals surface area (Å²) < 4.78 is 2.40. The molecule has 4 heteroatoms. The normalized spacial score (nSPS) is 18.6. The summed E-state index contributed by atoms with van der Waals surface area (Å²) in [6.45, 7) is 15.4. The third-order valence-corrected chi connectivity index (χ3v) is 6.64. The number of allylic oxidation sites excluding steroid dienone is 1. The first-order valence-electron chi connectivity index (χ1n) is 10.8. The molecule has 1 fully saturated rings. The largest absolute Gasteiger partial charge is 0.340 e. The molecule has 4 nitrogen and oxygen atoms in total. The molecule has 1 aromatic carbocycles. The lowest BCUT2D eigenvalue weighted by Gasteiger charge is -2.31. The molecule has 1 aromatic heterocycles. The molecule has 3 heterocycles. The summed E-state index contributed by atoms with van der Waals surface area (Å²) in [5.41, 5.74) is 4.89. The second kappa shape index (κ2) is 7.75. The Labute approximate surface area is 168 Å². The highest BCUT2D eigenvalue weighted by atomic mass is 16.2. The SMILES string of the molecule is C=CCn1c2c(c3cc(C(=O)N4CCC(C)CC4)ccc31)CN(C(C)C)CC2. The van der Waals surface area contributed by atoms with E-state index < -0.39 is 0 Å². The van der Waals surface area contributed by atoms with Crippen LogP contribution in [-0.2, 0) is 19.5 Å². The molecule has 150 valence electrons. The van der Waals surface area contributed by atoms with Gasteiger partial charge in [-0.15, -0.1) is 6.58 Å². The number of amides is 1. The standard InChI is InChI=1S/C24H33N3O/c1-5-11-27-22-7-6-19(24(28)25-12-8-18(4)9-13-25)15-20(22)21-16-26(17(2)3)14-10-23(21)27/h5-7,15,17-18H,1,8-14,16H2,2-4H3. The minimum Gasteiger partial charge on any atom is -0.340 e. The number of rotatable bonds is 4. The smallest absolute Gasteiger partial charge is 0.253 e. The maximum atomic E-state index is 13.1. The molecule has 0 aliphatic carbocycles. The van der Waals surface area contributed by atoms with Crippen molar-refractivity contribution in [2.45, 2.75) is 59.2 Å². The van der Waals surface area contributed by atoms with E-state index in [9.17, 15) is 4.79 Å². The van der Waals surface area contributed by atoms with Gasteiger partial charge in [0.2, 0.25) is 0 Å². The quantitative estimate of drug-likeness (QED) is 0.734. The number of nitrogens with zero attached hydrogens (tertiary/aromatic N) is 3. The first kappa shape index (κ1) is 19.3. The molecule has 2 aliphatic rings. The number of benzene rings is 1. The number of hydrogen-bond donors (Lipinski definition) is 0. The lowest BCUT2D eigenvalue weighted by Crippen LogP contribution is -2.37. The molecule has 28 heavy (non-hydrogen) atoms. The Bertz CT molecular complexity index is 887. The number of fused-ring (bicyclic) bond motifs is 3. The molecule has 0 atom stereocenters. The maximum Gasteiger partial charge on any atom is 0.253 e. The topological polar surface area (TPSA) is 28.5 Å². The van der Waals surface area contributed by atoms with Crippen LogP contribution in [0.15, 0.2) is 30.9 Å². The summed E-state index contributed by atoms with van der Waals surface area (Å²) >= 11 is 0. The minimum absolute atomic E-state index is 0.190. The molecule has 1 saturated heterocycles. The van der Waals surface area contributed by atoms with Gasteiger partial charge in [0.05, 0.1) is 0 Å². The van der Waals surface area contributed by atoms with E-state index in [1.807, 2.05) is 17.0 Å². The van der Waals surface area contributed by atoms with Crippen LogP contribution < -0.4 is 0 Å². The lowest BCUT2D eigenvalue weighted by atomic mass is 9.98. The predicted octanol–water partition coefficient (Wildman–Crippen LogP) is 4.47. The zero-order valence-corrected chi connectivity index (χ0v) is 17.6. The third kappa shape index (κ3) is 3.39. The lowest BCUT2D eigenvalue weighted by molar-refractivity contribution is 0.0697. The van der Waals surface area contributed by atoms with Crippen LogP contribution in [0.2, 0.25) is 0 Å². The summed E-state index contributed by atoms with van der Waals surface area (Å²) in [6.07, 6.45) is 5.26. The van der Waals surface area contributed by atoms with Crippen molar-refractivity contribution < 1.29 is 4.79 Å². The number of carbonyl (C=O) groups excluding carboxylic acids is 1. The molecule has 0 bridgehead atoms. The molecule has 0 N–H and O–H groups in total. The van der Waals surface area contributed by atoms with Gasteiger partial charge in [0, 0.05) is 67.3 Å². The van der Waals surface area contributed by atoms with Crippen LogP contribution in [0.3, 0.4) is 0 Å². The van der Waals surface area contributed by atoms with Crippen LogP contribution in [-0.4, -0.2) is 46.0 Å². The summed E-state index contributed by atoms with van der Waals surface area (Å²) in [4.78, 5) is 17.7. The van der Waals surface area contributed by atoms with Crippen LogP contribution in [0.1, 0.15) is 55.2 Å². The van der Waals surface area contributed by atoms with E-state index in [2.05, 4.69) is 48.9 Å². The van der Waals surface area contributed by atoms with Crippen LogP contribution in [0.5, 0.6) is 0 Å². The van der Waals surface area contributed by atoms with Gasteiger partial charge >= 0.3 is 0 Å². The molecule has 0 spiro atoms. The number of aromatic nitrogens is 1. The van der Waals surface area contributed by atoms with Crippen molar-refractivity contribution in [1.82, 2.24) is 14.4 Å². The average molecular weight is 380 g/mol. The van der Waals surface area contributed by atoms with Crippen LogP contribution in [0, 0.1) is 5.92 Å². The number of hydrogen-bond acceptors (Lipinski definition) is 2. The molecule has 2 aromatic rings. The zero-order chi connectivity index (χ0) is 19.8. The van der Waals surface area contributed by atoms with Crippen molar-refractivity contribution in [1.29, 1.82) is 0 Å². The van der Waals surface area contributed by atoms with Gasteiger partial charge in [-0.1, -0.05) is 13.0 Å². The van der Waals surface area contributed by atoms with Crippen LogP contribution in [0.25, 0.3) is 10.9 Å². The molecular formula is C24H33N3O. The van der Waals surface area contributed by atoms with E-state index in [-0.39, 0.29) is 5.91 Å². The molecule has 0 radical (unpaired) electrons. The Balaban J connectivity index is 1.73. The Morgan fingerprint density at radius 3 is 2.68 bits per heavy atom. The Hall–Kier alpha value is -2.07. The van der Waals surface area contributed by atoms with Crippen molar-refractivity contribution >= 4 is 16.8 Å². The van der Waals surface area contributed by atoms with Crippen LogP contribution >= 0.6 is 0 Å². The van der Waals surface area contributed by atoms with Crippen molar-refractivity contribution in [3.05, 3.63) is 47.7 Å². The van der Waals surface area contributed by atoms with Gasteiger partial charge in [-0.2, -0.15) is 0 Å². The maximum absolute atomic E-state index is 13.1. The Kier molecular flexibility index (Phi) is 5.33. The van der Waals surface area contributed by atoms with Gasteiger partial charge in [-0.3, -0.25) is 9.69 Å². The van der Waals surface area contributed by atoms with Crippen molar-refractivity contribution in [2.24, 2.45) is 5.92 Å². The van der Waals surface area contributed by atoms with Crippen molar-refractivity contribution in [3.63, 3.8) is 0 Å². The van der Waals surface area contributed by atoms with E-state index >= 15 is 0 Å². The van der Waals surface area contributed by atoms with Gasteiger partial charge in [-0.25, -0.2) is 0 Å². The Morgan fingerprint density at radius 2 is 2.00 bits per heavy atom. The van der Waals surface area contributed by atoms with Gasteiger partial charge in [0.25, 0.3) is 5.91 Å². The van der Waals surface area contributed by atoms with E-state index in [0.717, 1.165) is 63.5 Å². The van der Waals surface area contributed by atoms with E-state index in [4.69, 9.17) is 0 Å². The minimum atomic E-state index is 0.190. The second-order valence-corrected chi connectivity index (χ2v) is 8.85. The molecular weight excluding hydrogens is 346 g/mol. The van der Waals surface area contributed by atoms with Crippen LogP contribution in [0.4, 0.5) is 0 Å².